The number of hydrogen-bond donors (Lipinski definition) is 2. The molecule has 2 N–H and O–H groups in total. The number of carbonyl (C=O) groups is 1. The predicted molar refractivity (Wildman–Crippen MR) is 107 cm³/mol. The Hall–Kier alpha value is -1.59. The molecule has 28 heavy (non-hydrogen) atoms. The summed E-state index contributed by atoms with van der Waals surface area (Å²) in [6.07, 6.45) is 2.57. The molecule has 3 rings (SSSR count). The number of benzene rings is 1. The van der Waals surface area contributed by atoms with Crippen molar-refractivity contribution in [3.8, 4) is 5.75 Å². The molecule has 156 valence electrons. The molecule has 0 radical (unpaired) electrons. The third-order valence-electron chi connectivity index (χ3n) is 7.39. The second-order valence-electron chi connectivity index (χ2n) is 9.56. The van der Waals surface area contributed by atoms with Crippen LogP contribution in [0, 0.1) is 17.3 Å². The Kier molecular flexibility index (Phi) is 5.54. The minimum atomic E-state index is -1.17. The molecule has 0 heterocycles. The highest BCUT2D eigenvalue weighted by atomic mass is 16.6. The van der Waals surface area contributed by atoms with Crippen LogP contribution in [0.3, 0.4) is 0 Å². The standard InChI is InChI=1S/C23H34O5/c1-15(2)18-10-11-21(3)14-19(22(4,25)12-13-23(18,21)26)28-20(24)16-6-8-17(27-5)9-7-16/h6-9,15,18-19,25-26H,10-14H2,1-5H3/t18-,19-,21-,22-,23+/m1/s1. The van der Waals surface area contributed by atoms with Crippen LogP contribution in [-0.2, 0) is 4.74 Å². The van der Waals surface area contributed by atoms with Crippen LogP contribution in [0.4, 0.5) is 0 Å². The average Bonchev–Trinajstić information content (AvgIpc) is 2.87. The van der Waals surface area contributed by atoms with Crippen molar-refractivity contribution in [2.45, 2.75) is 77.1 Å². The van der Waals surface area contributed by atoms with E-state index in [0.29, 0.717) is 36.5 Å². The maximum absolute atomic E-state index is 12.7. The molecule has 0 unspecified atom stereocenters. The van der Waals surface area contributed by atoms with Gasteiger partial charge in [0.1, 0.15) is 11.9 Å². The monoisotopic (exact) mass is 390 g/mol. The summed E-state index contributed by atoms with van der Waals surface area (Å²) >= 11 is 0. The fraction of sp³-hybridized carbons (Fsp3) is 0.696. The lowest BCUT2D eigenvalue weighted by molar-refractivity contribution is -0.109. The van der Waals surface area contributed by atoms with Crippen LogP contribution < -0.4 is 4.74 Å². The van der Waals surface area contributed by atoms with E-state index >= 15 is 0 Å². The molecule has 2 fully saturated rings. The van der Waals surface area contributed by atoms with Crippen LogP contribution >= 0.6 is 0 Å². The van der Waals surface area contributed by atoms with Crippen molar-refractivity contribution in [2.24, 2.45) is 17.3 Å². The molecule has 5 heteroatoms. The zero-order valence-electron chi connectivity index (χ0n) is 17.7. The summed E-state index contributed by atoms with van der Waals surface area (Å²) in [6.45, 7) is 8.11. The first-order valence-electron chi connectivity index (χ1n) is 10.3. The van der Waals surface area contributed by atoms with Gasteiger partial charge in [-0.2, -0.15) is 0 Å². The second-order valence-corrected chi connectivity index (χ2v) is 9.56. The van der Waals surface area contributed by atoms with Crippen molar-refractivity contribution >= 4 is 5.97 Å². The topological polar surface area (TPSA) is 76.0 Å². The van der Waals surface area contributed by atoms with Crippen molar-refractivity contribution in [3.05, 3.63) is 29.8 Å². The number of hydrogen-bond acceptors (Lipinski definition) is 5. The molecule has 2 aliphatic rings. The van der Waals surface area contributed by atoms with Crippen LogP contribution in [0.25, 0.3) is 0 Å². The molecule has 5 atom stereocenters. The summed E-state index contributed by atoms with van der Waals surface area (Å²) in [7, 11) is 1.57. The predicted octanol–water partition coefficient (Wildman–Crippen LogP) is 3.96. The van der Waals surface area contributed by atoms with Gasteiger partial charge in [-0.25, -0.2) is 4.79 Å². The maximum Gasteiger partial charge on any atom is 0.338 e. The highest BCUT2D eigenvalue weighted by Gasteiger charge is 2.61. The third-order valence-corrected chi connectivity index (χ3v) is 7.39. The molecule has 0 bridgehead atoms. The minimum Gasteiger partial charge on any atom is -0.497 e. The largest absolute Gasteiger partial charge is 0.497 e. The SMILES string of the molecule is COc1ccc(C(=O)O[C@@H]2C[C@@]3(C)CC[C@H](C(C)C)[C@@]3(O)CC[C@@]2(C)O)cc1. The summed E-state index contributed by atoms with van der Waals surface area (Å²) in [6, 6.07) is 6.75. The van der Waals surface area contributed by atoms with Gasteiger partial charge in [0.05, 0.1) is 23.9 Å². The number of esters is 1. The Morgan fingerprint density at radius 3 is 2.32 bits per heavy atom. The van der Waals surface area contributed by atoms with E-state index in [1.54, 1.807) is 38.3 Å². The van der Waals surface area contributed by atoms with Crippen molar-refractivity contribution < 1.29 is 24.5 Å². The van der Waals surface area contributed by atoms with Gasteiger partial charge in [0.2, 0.25) is 0 Å². The number of fused-ring (bicyclic) bond motifs is 1. The van der Waals surface area contributed by atoms with Gasteiger partial charge in [-0.1, -0.05) is 20.8 Å². The van der Waals surface area contributed by atoms with Gasteiger partial charge in [0.15, 0.2) is 0 Å². The smallest absolute Gasteiger partial charge is 0.338 e. The average molecular weight is 391 g/mol. The number of aliphatic hydroxyl groups is 2. The van der Waals surface area contributed by atoms with Crippen LogP contribution in [0.15, 0.2) is 24.3 Å². The summed E-state index contributed by atoms with van der Waals surface area (Å²) in [5, 5.41) is 22.8. The second kappa shape index (κ2) is 7.34. The van der Waals surface area contributed by atoms with Crippen molar-refractivity contribution in [3.63, 3.8) is 0 Å². The lowest BCUT2D eigenvalue weighted by Crippen LogP contribution is -2.48. The fourth-order valence-electron chi connectivity index (χ4n) is 5.35. The van der Waals surface area contributed by atoms with E-state index in [0.717, 1.165) is 12.8 Å². The molecule has 0 aromatic heterocycles. The molecule has 1 aromatic rings. The molecule has 2 aliphatic carbocycles. The van der Waals surface area contributed by atoms with Crippen LogP contribution in [0.2, 0.25) is 0 Å². The van der Waals surface area contributed by atoms with Gasteiger partial charge < -0.3 is 19.7 Å². The summed E-state index contributed by atoms with van der Waals surface area (Å²) in [4.78, 5) is 12.7. The van der Waals surface area contributed by atoms with Gasteiger partial charge in [-0.15, -0.1) is 0 Å². The summed E-state index contributed by atoms with van der Waals surface area (Å²) in [5.74, 6) is 0.779. The molecule has 0 spiro atoms. The number of ether oxygens (including phenoxy) is 2. The van der Waals surface area contributed by atoms with Gasteiger partial charge >= 0.3 is 5.97 Å². The van der Waals surface area contributed by atoms with E-state index in [4.69, 9.17) is 9.47 Å². The van der Waals surface area contributed by atoms with Gasteiger partial charge in [-0.3, -0.25) is 0 Å². The summed E-state index contributed by atoms with van der Waals surface area (Å²) in [5.41, 5.74) is -1.97. The normalized spacial score (nSPS) is 38.0. The van der Waals surface area contributed by atoms with Crippen molar-refractivity contribution in [1.82, 2.24) is 0 Å². The molecule has 0 amide bonds. The zero-order valence-corrected chi connectivity index (χ0v) is 17.7. The lowest BCUT2D eigenvalue weighted by atomic mass is 9.67. The quantitative estimate of drug-likeness (QED) is 0.761. The number of methoxy groups -OCH3 is 1. The van der Waals surface area contributed by atoms with E-state index < -0.39 is 23.3 Å². The Labute approximate surface area is 168 Å². The highest BCUT2D eigenvalue weighted by molar-refractivity contribution is 5.89. The highest BCUT2D eigenvalue weighted by Crippen LogP contribution is 2.59. The molecule has 0 saturated heterocycles. The molecular weight excluding hydrogens is 356 g/mol. The van der Waals surface area contributed by atoms with Gasteiger partial charge in [0, 0.05) is 5.41 Å². The van der Waals surface area contributed by atoms with Crippen LogP contribution in [0.5, 0.6) is 5.75 Å². The molecule has 0 aliphatic heterocycles. The van der Waals surface area contributed by atoms with Crippen molar-refractivity contribution in [2.75, 3.05) is 7.11 Å². The first-order valence-corrected chi connectivity index (χ1v) is 10.3. The van der Waals surface area contributed by atoms with Crippen LogP contribution in [-0.4, -0.2) is 40.6 Å². The van der Waals surface area contributed by atoms with E-state index in [1.165, 1.54) is 0 Å². The molecule has 2 saturated carbocycles. The van der Waals surface area contributed by atoms with Crippen molar-refractivity contribution in [1.29, 1.82) is 0 Å². The Bertz CT molecular complexity index is 710. The Morgan fingerprint density at radius 1 is 1.11 bits per heavy atom. The maximum atomic E-state index is 12.7. The third kappa shape index (κ3) is 3.55. The van der Waals surface area contributed by atoms with E-state index in [9.17, 15) is 15.0 Å². The zero-order chi connectivity index (χ0) is 20.7. The molecule has 5 nitrogen and oxygen atoms in total. The van der Waals surface area contributed by atoms with E-state index in [-0.39, 0.29) is 11.3 Å². The first-order chi connectivity index (χ1) is 13.0. The van der Waals surface area contributed by atoms with Gasteiger partial charge in [-0.05, 0) is 75.1 Å². The Morgan fingerprint density at radius 2 is 1.75 bits per heavy atom. The number of rotatable bonds is 4. The summed E-state index contributed by atoms with van der Waals surface area (Å²) < 4.78 is 10.9. The van der Waals surface area contributed by atoms with Gasteiger partial charge in [0.25, 0.3) is 0 Å². The molecular formula is C23H34O5. The minimum absolute atomic E-state index is 0.198. The van der Waals surface area contributed by atoms with E-state index in [2.05, 4.69) is 20.8 Å². The fourth-order valence-corrected chi connectivity index (χ4v) is 5.35. The Balaban J connectivity index is 1.83. The van der Waals surface area contributed by atoms with E-state index in [1.807, 2.05) is 0 Å². The first kappa shape index (κ1) is 21.1. The molecule has 1 aromatic carbocycles. The number of carbonyl (C=O) groups excluding carboxylic acids is 1. The lowest BCUT2D eigenvalue weighted by Gasteiger charge is -2.43. The van der Waals surface area contributed by atoms with Crippen LogP contribution in [0.1, 0.15) is 70.2 Å².